The maximum atomic E-state index is 6.05. The first kappa shape index (κ1) is 11.4. The van der Waals surface area contributed by atoms with E-state index in [1.54, 1.807) is 0 Å². The van der Waals surface area contributed by atoms with Crippen LogP contribution < -0.4 is 5.73 Å². The normalized spacial score (nSPS) is 12.2. The summed E-state index contributed by atoms with van der Waals surface area (Å²) in [5.41, 5.74) is 7.69. The first-order valence-electron chi connectivity index (χ1n) is 5.23. The van der Waals surface area contributed by atoms with Crippen LogP contribution >= 0.6 is 11.6 Å². The van der Waals surface area contributed by atoms with E-state index in [2.05, 4.69) is 15.0 Å². The number of nitrogens with one attached hydrogen (secondary N) is 1. The Morgan fingerprint density at radius 1 is 1.44 bits per heavy atom. The summed E-state index contributed by atoms with van der Waals surface area (Å²) < 4.78 is 0. The molecule has 0 aliphatic carbocycles. The summed E-state index contributed by atoms with van der Waals surface area (Å²) in [5, 5.41) is 1.41. The molecule has 2 aromatic heterocycles. The molecule has 0 radical (unpaired) electrons. The summed E-state index contributed by atoms with van der Waals surface area (Å²) in [5.74, 6) is 0. The van der Waals surface area contributed by atoms with Crippen molar-refractivity contribution in [3.63, 3.8) is 0 Å². The van der Waals surface area contributed by atoms with Gasteiger partial charge in [0, 0.05) is 11.7 Å². The largest absolute Gasteiger partial charge is 0.346 e. The summed E-state index contributed by atoms with van der Waals surface area (Å²) in [7, 11) is 0. The number of nitrogens with two attached hydrogens (primary N) is 1. The lowest BCUT2D eigenvalue weighted by atomic mass is 9.97. The molecule has 0 amide bonds. The first-order chi connectivity index (χ1) is 7.47. The zero-order chi connectivity index (χ0) is 11.8. The minimum absolute atomic E-state index is 0.175. The number of nitrogens with zero attached hydrogens (tertiary/aromatic N) is 2. The Hall–Kier alpha value is -1.13. The van der Waals surface area contributed by atoms with Crippen LogP contribution in [0.2, 0.25) is 5.15 Å². The standard InChI is InChI=1S/C11H15ClN4/c1-11(2,13)4-3-7-5-14-10-8(7)9(12)15-6-16-10/h5-6H,3-4,13H2,1-2H3,(H,14,15,16). The van der Waals surface area contributed by atoms with E-state index in [-0.39, 0.29) is 5.54 Å². The highest BCUT2D eigenvalue weighted by molar-refractivity contribution is 6.34. The van der Waals surface area contributed by atoms with Crippen LogP contribution in [-0.2, 0) is 6.42 Å². The fourth-order valence-corrected chi connectivity index (χ4v) is 1.89. The number of aromatic nitrogens is 3. The molecule has 4 nitrogen and oxygen atoms in total. The molecule has 0 saturated carbocycles. The van der Waals surface area contributed by atoms with Crippen LogP contribution in [0.15, 0.2) is 12.5 Å². The van der Waals surface area contributed by atoms with Crippen molar-refractivity contribution in [1.29, 1.82) is 0 Å². The van der Waals surface area contributed by atoms with E-state index in [9.17, 15) is 0 Å². The molecule has 0 spiro atoms. The average Bonchev–Trinajstić information content (AvgIpc) is 2.58. The zero-order valence-electron chi connectivity index (χ0n) is 9.42. The highest BCUT2D eigenvalue weighted by Crippen LogP contribution is 2.24. The summed E-state index contributed by atoms with van der Waals surface area (Å²) in [6.45, 7) is 4.03. The molecule has 0 bridgehead atoms. The van der Waals surface area contributed by atoms with Gasteiger partial charge >= 0.3 is 0 Å². The molecule has 2 rings (SSSR count). The van der Waals surface area contributed by atoms with Gasteiger partial charge in [0.2, 0.25) is 0 Å². The molecule has 2 heterocycles. The molecule has 0 aliphatic heterocycles. The van der Waals surface area contributed by atoms with Crippen molar-refractivity contribution < 1.29 is 0 Å². The molecule has 16 heavy (non-hydrogen) atoms. The van der Waals surface area contributed by atoms with E-state index < -0.39 is 0 Å². The molecule has 0 saturated heterocycles. The van der Waals surface area contributed by atoms with Gasteiger partial charge in [0.15, 0.2) is 0 Å². The van der Waals surface area contributed by atoms with E-state index in [4.69, 9.17) is 17.3 Å². The zero-order valence-corrected chi connectivity index (χ0v) is 10.2. The number of hydrogen-bond acceptors (Lipinski definition) is 3. The van der Waals surface area contributed by atoms with Gasteiger partial charge in [-0.05, 0) is 32.3 Å². The van der Waals surface area contributed by atoms with Gasteiger partial charge in [-0.15, -0.1) is 0 Å². The second-order valence-electron chi connectivity index (χ2n) is 4.69. The molecular formula is C11H15ClN4. The van der Waals surface area contributed by atoms with E-state index in [1.807, 2.05) is 20.0 Å². The molecule has 5 heteroatoms. The van der Waals surface area contributed by atoms with Crippen LogP contribution in [0.4, 0.5) is 0 Å². The number of aryl methyl sites for hydroxylation is 1. The van der Waals surface area contributed by atoms with E-state index in [0.29, 0.717) is 5.15 Å². The number of rotatable bonds is 3. The van der Waals surface area contributed by atoms with Crippen molar-refractivity contribution in [1.82, 2.24) is 15.0 Å². The number of aromatic amines is 1. The van der Waals surface area contributed by atoms with Crippen molar-refractivity contribution in [2.24, 2.45) is 5.73 Å². The summed E-state index contributed by atoms with van der Waals surface area (Å²) in [6.07, 6.45) is 5.15. The summed E-state index contributed by atoms with van der Waals surface area (Å²) in [6, 6.07) is 0. The van der Waals surface area contributed by atoms with Crippen molar-refractivity contribution in [3.05, 3.63) is 23.2 Å². The van der Waals surface area contributed by atoms with E-state index in [0.717, 1.165) is 29.4 Å². The molecule has 0 unspecified atom stereocenters. The third kappa shape index (κ3) is 2.33. The molecule has 2 aromatic rings. The molecule has 86 valence electrons. The minimum Gasteiger partial charge on any atom is -0.346 e. The maximum Gasteiger partial charge on any atom is 0.142 e. The molecule has 0 atom stereocenters. The number of H-pyrrole nitrogens is 1. The van der Waals surface area contributed by atoms with Crippen molar-refractivity contribution in [2.45, 2.75) is 32.2 Å². The molecule has 3 N–H and O–H groups in total. The topological polar surface area (TPSA) is 67.6 Å². The maximum absolute atomic E-state index is 6.05. The fourth-order valence-electron chi connectivity index (χ4n) is 1.64. The lowest BCUT2D eigenvalue weighted by Gasteiger charge is -2.17. The Bertz CT molecular complexity index is 498. The van der Waals surface area contributed by atoms with Crippen LogP contribution in [0.5, 0.6) is 0 Å². The number of halogens is 1. The molecule has 0 fully saturated rings. The van der Waals surface area contributed by atoms with Gasteiger partial charge in [-0.2, -0.15) is 0 Å². The monoisotopic (exact) mass is 238 g/mol. The molecule has 0 aliphatic rings. The van der Waals surface area contributed by atoms with Crippen molar-refractivity contribution in [2.75, 3.05) is 0 Å². The van der Waals surface area contributed by atoms with Gasteiger partial charge in [-0.1, -0.05) is 11.6 Å². The predicted octanol–water partition coefficient (Wildman–Crippen LogP) is 2.28. The van der Waals surface area contributed by atoms with Gasteiger partial charge < -0.3 is 10.7 Å². The number of fused-ring (bicyclic) bond motifs is 1. The Kier molecular flexibility index (Phi) is 2.86. The highest BCUT2D eigenvalue weighted by atomic mass is 35.5. The van der Waals surface area contributed by atoms with Crippen molar-refractivity contribution in [3.8, 4) is 0 Å². The third-order valence-electron chi connectivity index (χ3n) is 2.54. The number of hydrogen-bond donors (Lipinski definition) is 2. The van der Waals surface area contributed by atoms with Gasteiger partial charge in [0.05, 0.1) is 5.39 Å². The molecule has 0 aromatic carbocycles. The minimum atomic E-state index is -0.175. The van der Waals surface area contributed by atoms with Crippen molar-refractivity contribution >= 4 is 22.6 Å². The van der Waals surface area contributed by atoms with Gasteiger partial charge in [-0.3, -0.25) is 0 Å². The highest BCUT2D eigenvalue weighted by Gasteiger charge is 2.14. The van der Waals surface area contributed by atoms with Crippen LogP contribution in [0.3, 0.4) is 0 Å². The van der Waals surface area contributed by atoms with Gasteiger partial charge in [-0.25, -0.2) is 9.97 Å². The Morgan fingerprint density at radius 2 is 2.19 bits per heavy atom. The predicted molar refractivity (Wildman–Crippen MR) is 65.5 cm³/mol. The van der Waals surface area contributed by atoms with Crippen LogP contribution in [-0.4, -0.2) is 20.5 Å². The van der Waals surface area contributed by atoms with Gasteiger partial charge in [0.1, 0.15) is 17.1 Å². The first-order valence-corrected chi connectivity index (χ1v) is 5.60. The fraction of sp³-hybridized carbons (Fsp3) is 0.455. The Balaban J connectivity index is 2.32. The Labute approximate surface area is 99.2 Å². The van der Waals surface area contributed by atoms with Crippen LogP contribution in [0.25, 0.3) is 11.0 Å². The second kappa shape index (κ2) is 4.03. The third-order valence-corrected chi connectivity index (χ3v) is 2.83. The summed E-state index contributed by atoms with van der Waals surface area (Å²) in [4.78, 5) is 11.2. The van der Waals surface area contributed by atoms with E-state index >= 15 is 0 Å². The SMILES string of the molecule is CC(C)(N)CCc1c[nH]c2ncnc(Cl)c12. The quantitative estimate of drug-likeness (QED) is 0.807. The van der Waals surface area contributed by atoms with Crippen LogP contribution in [0, 0.1) is 0 Å². The van der Waals surface area contributed by atoms with Gasteiger partial charge in [0.25, 0.3) is 0 Å². The van der Waals surface area contributed by atoms with Crippen LogP contribution in [0.1, 0.15) is 25.8 Å². The Morgan fingerprint density at radius 3 is 2.88 bits per heavy atom. The lowest BCUT2D eigenvalue weighted by molar-refractivity contribution is 0.477. The second-order valence-corrected chi connectivity index (χ2v) is 5.05. The lowest BCUT2D eigenvalue weighted by Crippen LogP contribution is -2.32. The van der Waals surface area contributed by atoms with E-state index in [1.165, 1.54) is 6.33 Å². The summed E-state index contributed by atoms with van der Waals surface area (Å²) >= 11 is 6.05. The smallest absolute Gasteiger partial charge is 0.142 e. The average molecular weight is 239 g/mol. The molecular weight excluding hydrogens is 224 g/mol.